The van der Waals surface area contributed by atoms with Crippen LogP contribution in [0.3, 0.4) is 0 Å². The third-order valence-corrected chi connectivity index (χ3v) is 3.21. The highest BCUT2D eigenvalue weighted by Gasteiger charge is 2.05. The van der Waals surface area contributed by atoms with E-state index >= 15 is 0 Å². The molecule has 2 rings (SSSR count). The van der Waals surface area contributed by atoms with Crippen LogP contribution >= 0.6 is 24.0 Å². The van der Waals surface area contributed by atoms with Crippen LogP contribution in [0.5, 0.6) is 5.75 Å². The van der Waals surface area contributed by atoms with Gasteiger partial charge in [0.25, 0.3) is 0 Å². The van der Waals surface area contributed by atoms with Gasteiger partial charge in [0.2, 0.25) is 0 Å². The number of nitrogens with one attached hydrogen (secondary N) is 2. The van der Waals surface area contributed by atoms with E-state index < -0.39 is 0 Å². The molecule has 130 valence electrons. The summed E-state index contributed by atoms with van der Waals surface area (Å²) in [5.74, 6) is 1.25. The van der Waals surface area contributed by atoms with Gasteiger partial charge in [-0.3, -0.25) is 4.99 Å². The zero-order valence-electron chi connectivity index (χ0n) is 13.8. The van der Waals surface area contributed by atoms with E-state index in [1.54, 1.807) is 13.1 Å². The van der Waals surface area contributed by atoms with E-state index in [1.807, 2.05) is 43.3 Å². The Bertz CT molecular complexity index is 637. The SMILES string of the molecule is CN=C(NCc1cccc(F)c1)NCC(C)Oc1ccccc1.I. The molecule has 0 saturated carbocycles. The minimum atomic E-state index is -0.239. The van der Waals surface area contributed by atoms with Gasteiger partial charge in [0.15, 0.2) is 5.96 Å². The quantitative estimate of drug-likeness (QED) is 0.408. The van der Waals surface area contributed by atoms with Crippen molar-refractivity contribution in [3.63, 3.8) is 0 Å². The van der Waals surface area contributed by atoms with Crippen LogP contribution in [-0.4, -0.2) is 25.7 Å². The number of guanidine groups is 1. The fourth-order valence-corrected chi connectivity index (χ4v) is 2.07. The number of halogens is 2. The van der Waals surface area contributed by atoms with Crippen molar-refractivity contribution in [1.82, 2.24) is 10.6 Å². The molecule has 6 heteroatoms. The van der Waals surface area contributed by atoms with Crippen molar-refractivity contribution in [2.45, 2.75) is 19.6 Å². The molecular weight excluding hydrogens is 420 g/mol. The van der Waals surface area contributed by atoms with Crippen LogP contribution in [0.4, 0.5) is 4.39 Å². The number of nitrogens with zero attached hydrogens (tertiary/aromatic N) is 1. The van der Waals surface area contributed by atoms with Gasteiger partial charge in [-0.2, -0.15) is 0 Å². The standard InChI is InChI=1S/C18H22FN3O.HI/c1-14(23-17-9-4-3-5-10-17)12-21-18(20-2)22-13-15-7-6-8-16(19)11-15;/h3-11,14H,12-13H2,1-2H3,(H2,20,21,22);1H. The fraction of sp³-hybridized carbons (Fsp3) is 0.278. The van der Waals surface area contributed by atoms with Crippen LogP contribution in [0.1, 0.15) is 12.5 Å². The highest BCUT2D eigenvalue weighted by molar-refractivity contribution is 14.0. The van der Waals surface area contributed by atoms with Crippen LogP contribution in [0.15, 0.2) is 59.6 Å². The van der Waals surface area contributed by atoms with E-state index in [2.05, 4.69) is 15.6 Å². The van der Waals surface area contributed by atoms with Crippen molar-refractivity contribution < 1.29 is 9.13 Å². The summed E-state index contributed by atoms with van der Waals surface area (Å²) in [7, 11) is 1.70. The Morgan fingerprint density at radius 3 is 2.54 bits per heavy atom. The number of rotatable bonds is 6. The molecule has 1 unspecified atom stereocenters. The maximum absolute atomic E-state index is 13.1. The highest BCUT2D eigenvalue weighted by Crippen LogP contribution is 2.10. The number of para-hydroxylation sites is 1. The largest absolute Gasteiger partial charge is 0.489 e. The second-order valence-corrected chi connectivity index (χ2v) is 5.18. The van der Waals surface area contributed by atoms with Crippen molar-refractivity contribution in [2.24, 2.45) is 4.99 Å². The molecule has 2 N–H and O–H groups in total. The molecular formula is C18H23FIN3O. The van der Waals surface area contributed by atoms with Gasteiger partial charge in [-0.1, -0.05) is 30.3 Å². The van der Waals surface area contributed by atoms with Crippen LogP contribution in [0.2, 0.25) is 0 Å². The summed E-state index contributed by atoms with van der Waals surface area (Å²) in [6.45, 7) is 3.10. The Morgan fingerprint density at radius 1 is 1.12 bits per heavy atom. The minimum absolute atomic E-state index is 0. The van der Waals surface area contributed by atoms with E-state index in [9.17, 15) is 4.39 Å². The third kappa shape index (κ3) is 7.16. The number of hydrogen-bond acceptors (Lipinski definition) is 2. The van der Waals surface area contributed by atoms with Gasteiger partial charge in [0, 0.05) is 13.6 Å². The van der Waals surface area contributed by atoms with Crippen LogP contribution in [0.25, 0.3) is 0 Å². The first kappa shape index (κ1) is 20.2. The average molecular weight is 443 g/mol. The molecule has 0 radical (unpaired) electrons. The summed E-state index contributed by atoms with van der Waals surface area (Å²) in [6, 6.07) is 16.2. The second kappa shape index (κ2) is 10.9. The van der Waals surface area contributed by atoms with Gasteiger partial charge in [-0.15, -0.1) is 24.0 Å². The summed E-state index contributed by atoms with van der Waals surface area (Å²) in [5, 5.41) is 6.34. The topological polar surface area (TPSA) is 45.7 Å². The molecule has 0 heterocycles. The molecule has 24 heavy (non-hydrogen) atoms. The Hall–Kier alpha value is -1.83. The van der Waals surface area contributed by atoms with Gasteiger partial charge in [-0.05, 0) is 36.8 Å². The van der Waals surface area contributed by atoms with Crippen molar-refractivity contribution >= 4 is 29.9 Å². The molecule has 0 aliphatic carbocycles. The van der Waals surface area contributed by atoms with E-state index in [4.69, 9.17) is 4.74 Å². The fourth-order valence-electron chi connectivity index (χ4n) is 2.07. The number of hydrogen-bond donors (Lipinski definition) is 2. The van der Waals surface area contributed by atoms with Crippen molar-refractivity contribution in [2.75, 3.05) is 13.6 Å². The second-order valence-electron chi connectivity index (χ2n) is 5.18. The summed E-state index contributed by atoms with van der Waals surface area (Å²) in [6.07, 6.45) is -0.00915. The molecule has 0 aromatic heterocycles. The number of ether oxygens (including phenoxy) is 1. The summed E-state index contributed by atoms with van der Waals surface area (Å²) in [4.78, 5) is 4.15. The zero-order valence-corrected chi connectivity index (χ0v) is 16.2. The Labute approximate surface area is 159 Å². The van der Waals surface area contributed by atoms with Crippen LogP contribution in [0, 0.1) is 5.82 Å². The normalized spacial score (nSPS) is 12.0. The smallest absolute Gasteiger partial charge is 0.191 e. The first-order valence-corrected chi connectivity index (χ1v) is 7.58. The van der Waals surface area contributed by atoms with Gasteiger partial charge >= 0.3 is 0 Å². The lowest BCUT2D eigenvalue weighted by Crippen LogP contribution is -2.41. The number of aliphatic imine (C=N–C) groups is 1. The van der Waals surface area contributed by atoms with Crippen molar-refractivity contribution in [1.29, 1.82) is 0 Å². The summed E-state index contributed by atoms with van der Waals surface area (Å²) in [5.41, 5.74) is 0.863. The van der Waals surface area contributed by atoms with E-state index in [-0.39, 0.29) is 35.9 Å². The molecule has 0 saturated heterocycles. The third-order valence-electron chi connectivity index (χ3n) is 3.21. The Kier molecular flexibility index (Phi) is 9.14. The Morgan fingerprint density at radius 2 is 1.88 bits per heavy atom. The van der Waals surface area contributed by atoms with Gasteiger partial charge in [0.05, 0.1) is 6.54 Å². The molecule has 0 aliphatic rings. The zero-order chi connectivity index (χ0) is 16.5. The van der Waals surface area contributed by atoms with E-state index in [1.165, 1.54) is 12.1 Å². The van der Waals surface area contributed by atoms with Crippen molar-refractivity contribution in [3.05, 3.63) is 66.0 Å². The molecule has 4 nitrogen and oxygen atoms in total. The summed E-state index contributed by atoms with van der Waals surface area (Å²) < 4.78 is 18.9. The van der Waals surface area contributed by atoms with Gasteiger partial charge in [-0.25, -0.2) is 4.39 Å². The molecule has 2 aromatic rings. The van der Waals surface area contributed by atoms with Crippen molar-refractivity contribution in [3.8, 4) is 5.75 Å². The molecule has 1 atom stereocenters. The highest BCUT2D eigenvalue weighted by atomic mass is 127. The van der Waals surface area contributed by atoms with Crippen LogP contribution < -0.4 is 15.4 Å². The monoisotopic (exact) mass is 443 g/mol. The molecule has 0 amide bonds. The lowest BCUT2D eigenvalue weighted by molar-refractivity contribution is 0.224. The van der Waals surface area contributed by atoms with E-state index in [0.29, 0.717) is 19.0 Å². The summed E-state index contributed by atoms with van der Waals surface area (Å²) >= 11 is 0. The predicted molar refractivity (Wildman–Crippen MR) is 107 cm³/mol. The molecule has 0 bridgehead atoms. The lowest BCUT2D eigenvalue weighted by atomic mass is 10.2. The van der Waals surface area contributed by atoms with E-state index in [0.717, 1.165) is 11.3 Å². The average Bonchev–Trinajstić information content (AvgIpc) is 2.56. The minimum Gasteiger partial charge on any atom is -0.489 e. The maximum Gasteiger partial charge on any atom is 0.191 e. The Balaban J connectivity index is 0.00000288. The maximum atomic E-state index is 13.1. The van der Waals surface area contributed by atoms with Crippen LogP contribution in [-0.2, 0) is 6.54 Å². The molecule has 0 aliphatic heterocycles. The van der Waals surface area contributed by atoms with Gasteiger partial charge in [0.1, 0.15) is 17.7 Å². The molecule has 2 aromatic carbocycles. The predicted octanol–water partition coefficient (Wildman–Crippen LogP) is 3.58. The first-order chi connectivity index (χ1) is 11.2. The lowest BCUT2D eigenvalue weighted by Gasteiger charge is -2.17. The number of benzene rings is 2. The molecule has 0 spiro atoms. The molecule has 0 fully saturated rings. The van der Waals surface area contributed by atoms with Gasteiger partial charge < -0.3 is 15.4 Å². The first-order valence-electron chi connectivity index (χ1n) is 7.58.